The Kier molecular flexibility index (Phi) is 5.45. The monoisotopic (exact) mass is 402 g/mol. The van der Waals surface area contributed by atoms with Crippen molar-refractivity contribution >= 4 is 5.91 Å². The van der Waals surface area contributed by atoms with Crippen molar-refractivity contribution in [2.75, 3.05) is 0 Å². The highest BCUT2D eigenvalue weighted by Crippen LogP contribution is 2.25. The van der Waals surface area contributed by atoms with Gasteiger partial charge in [-0.05, 0) is 38.1 Å². The zero-order valence-corrected chi connectivity index (χ0v) is 16.8. The zero-order chi connectivity index (χ0) is 21.1. The number of oxazole rings is 2. The SMILES string of the molecule is Cc1oc(-c2ccccc2)nc1CNC(=O)C(N)c1nc(-c2ccccc2)oc1C. The van der Waals surface area contributed by atoms with E-state index in [0.717, 1.165) is 11.1 Å². The van der Waals surface area contributed by atoms with Crippen LogP contribution in [0.2, 0.25) is 0 Å². The predicted octanol–water partition coefficient (Wildman–Crippen LogP) is 3.93. The highest BCUT2D eigenvalue weighted by molar-refractivity contribution is 5.82. The highest BCUT2D eigenvalue weighted by Gasteiger charge is 2.24. The summed E-state index contributed by atoms with van der Waals surface area (Å²) in [6.07, 6.45) is 0. The smallest absolute Gasteiger partial charge is 0.243 e. The number of nitrogens with zero attached hydrogens (tertiary/aromatic N) is 2. The zero-order valence-electron chi connectivity index (χ0n) is 16.8. The standard InChI is InChI=1S/C23H22N4O3/c1-14-18(26-22(29-14)16-9-5-3-6-10-16)13-25-21(28)19(24)20-15(2)30-23(27-20)17-11-7-4-8-12-17/h3-12,19H,13,24H2,1-2H3,(H,25,28). The highest BCUT2D eigenvalue weighted by atomic mass is 16.4. The molecule has 0 saturated carbocycles. The molecule has 2 aromatic carbocycles. The van der Waals surface area contributed by atoms with Gasteiger partial charge in [0, 0.05) is 11.1 Å². The Hall–Kier alpha value is -3.71. The minimum Gasteiger partial charge on any atom is -0.441 e. The summed E-state index contributed by atoms with van der Waals surface area (Å²) in [6, 6.07) is 18.1. The van der Waals surface area contributed by atoms with E-state index in [9.17, 15) is 4.79 Å². The molecule has 0 spiro atoms. The molecule has 0 fully saturated rings. The van der Waals surface area contributed by atoms with Crippen LogP contribution in [0.4, 0.5) is 0 Å². The molecule has 1 unspecified atom stereocenters. The first kappa shape index (κ1) is 19.6. The van der Waals surface area contributed by atoms with E-state index in [2.05, 4.69) is 15.3 Å². The molecule has 7 heteroatoms. The van der Waals surface area contributed by atoms with Gasteiger partial charge in [0.25, 0.3) is 0 Å². The number of carbonyl (C=O) groups is 1. The molecular formula is C23H22N4O3. The normalized spacial score (nSPS) is 12.0. The molecule has 30 heavy (non-hydrogen) atoms. The number of aromatic nitrogens is 2. The van der Waals surface area contributed by atoms with E-state index in [4.69, 9.17) is 14.6 Å². The Morgan fingerprint density at radius 1 is 0.900 bits per heavy atom. The van der Waals surface area contributed by atoms with Gasteiger partial charge in [0.05, 0.1) is 6.54 Å². The minimum absolute atomic E-state index is 0.205. The van der Waals surface area contributed by atoms with Crippen LogP contribution in [0.25, 0.3) is 22.9 Å². The summed E-state index contributed by atoms with van der Waals surface area (Å²) in [5.74, 6) is 1.74. The Balaban J connectivity index is 1.45. The molecule has 0 aliphatic rings. The number of hydrogen-bond acceptors (Lipinski definition) is 6. The molecule has 0 bridgehead atoms. The third-order valence-electron chi connectivity index (χ3n) is 4.77. The largest absolute Gasteiger partial charge is 0.441 e. The van der Waals surface area contributed by atoms with Crippen molar-refractivity contribution in [3.05, 3.63) is 83.6 Å². The van der Waals surface area contributed by atoms with Gasteiger partial charge in [-0.1, -0.05) is 36.4 Å². The van der Waals surface area contributed by atoms with Crippen LogP contribution in [-0.4, -0.2) is 15.9 Å². The number of amides is 1. The topological polar surface area (TPSA) is 107 Å². The van der Waals surface area contributed by atoms with Gasteiger partial charge in [-0.15, -0.1) is 0 Å². The van der Waals surface area contributed by atoms with Crippen LogP contribution in [-0.2, 0) is 11.3 Å². The quantitative estimate of drug-likeness (QED) is 0.506. The number of aryl methyl sites for hydroxylation is 2. The molecule has 2 heterocycles. The Morgan fingerprint density at radius 2 is 1.43 bits per heavy atom. The minimum atomic E-state index is -0.952. The molecule has 2 aromatic heterocycles. The number of hydrogen-bond donors (Lipinski definition) is 2. The Morgan fingerprint density at radius 3 is 2.03 bits per heavy atom. The van der Waals surface area contributed by atoms with E-state index in [0.29, 0.717) is 34.7 Å². The molecule has 0 saturated heterocycles. The van der Waals surface area contributed by atoms with Crippen molar-refractivity contribution in [1.82, 2.24) is 15.3 Å². The third-order valence-corrected chi connectivity index (χ3v) is 4.77. The number of nitrogens with two attached hydrogens (primary N) is 1. The number of carbonyl (C=O) groups excluding carboxylic acids is 1. The molecule has 0 radical (unpaired) electrons. The Bertz CT molecular complexity index is 1150. The maximum Gasteiger partial charge on any atom is 0.243 e. The van der Waals surface area contributed by atoms with Gasteiger partial charge in [-0.3, -0.25) is 4.79 Å². The van der Waals surface area contributed by atoms with Gasteiger partial charge in [0.15, 0.2) is 0 Å². The summed E-state index contributed by atoms with van der Waals surface area (Å²) >= 11 is 0. The lowest BCUT2D eigenvalue weighted by atomic mass is 10.2. The van der Waals surface area contributed by atoms with E-state index in [-0.39, 0.29) is 12.5 Å². The van der Waals surface area contributed by atoms with Crippen molar-refractivity contribution in [1.29, 1.82) is 0 Å². The van der Waals surface area contributed by atoms with Crippen molar-refractivity contribution in [2.24, 2.45) is 5.73 Å². The molecule has 4 rings (SSSR count). The van der Waals surface area contributed by atoms with E-state index < -0.39 is 6.04 Å². The van der Waals surface area contributed by atoms with E-state index in [1.807, 2.05) is 67.6 Å². The van der Waals surface area contributed by atoms with E-state index in [1.165, 1.54) is 0 Å². The second kappa shape index (κ2) is 8.34. The van der Waals surface area contributed by atoms with Crippen LogP contribution in [0.15, 0.2) is 69.5 Å². The average molecular weight is 402 g/mol. The fraction of sp³-hybridized carbons (Fsp3) is 0.174. The van der Waals surface area contributed by atoms with Gasteiger partial charge in [0.2, 0.25) is 17.7 Å². The summed E-state index contributed by atoms with van der Waals surface area (Å²) < 4.78 is 11.4. The molecule has 7 nitrogen and oxygen atoms in total. The second-order valence-corrected chi connectivity index (χ2v) is 6.91. The summed E-state index contributed by atoms with van der Waals surface area (Å²) in [4.78, 5) is 21.5. The molecule has 1 amide bonds. The molecule has 0 aliphatic carbocycles. The lowest BCUT2D eigenvalue weighted by Crippen LogP contribution is -2.34. The molecular weight excluding hydrogens is 380 g/mol. The van der Waals surface area contributed by atoms with E-state index >= 15 is 0 Å². The predicted molar refractivity (Wildman–Crippen MR) is 112 cm³/mol. The van der Waals surface area contributed by atoms with Crippen LogP contribution in [0.5, 0.6) is 0 Å². The lowest BCUT2D eigenvalue weighted by Gasteiger charge is -2.09. The molecule has 152 valence electrons. The number of rotatable bonds is 6. The summed E-state index contributed by atoms with van der Waals surface area (Å²) in [5, 5.41) is 2.81. The van der Waals surface area contributed by atoms with Crippen LogP contribution in [0, 0.1) is 13.8 Å². The first-order valence-corrected chi connectivity index (χ1v) is 9.60. The van der Waals surface area contributed by atoms with Crippen LogP contribution < -0.4 is 11.1 Å². The van der Waals surface area contributed by atoms with Gasteiger partial charge >= 0.3 is 0 Å². The van der Waals surface area contributed by atoms with Gasteiger partial charge in [-0.2, -0.15) is 0 Å². The molecule has 0 aliphatic heterocycles. The van der Waals surface area contributed by atoms with Crippen LogP contribution >= 0.6 is 0 Å². The van der Waals surface area contributed by atoms with E-state index in [1.54, 1.807) is 6.92 Å². The lowest BCUT2D eigenvalue weighted by molar-refractivity contribution is -0.122. The van der Waals surface area contributed by atoms with Crippen molar-refractivity contribution in [2.45, 2.75) is 26.4 Å². The fourth-order valence-electron chi connectivity index (χ4n) is 3.10. The summed E-state index contributed by atoms with van der Waals surface area (Å²) in [5.41, 5.74) is 8.91. The van der Waals surface area contributed by atoms with Gasteiger partial charge < -0.3 is 19.9 Å². The first-order valence-electron chi connectivity index (χ1n) is 9.60. The third kappa shape index (κ3) is 4.01. The van der Waals surface area contributed by atoms with Gasteiger partial charge in [0.1, 0.15) is 29.0 Å². The van der Waals surface area contributed by atoms with Crippen molar-refractivity contribution in [3.63, 3.8) is 0 Å². The second-order valence-electron chi connectivity index (χ2n) is 6.91. The number of nitrogens with one attached hydrogen (secondary N) is 1. The van der Waals surface area contributed by atoms with Crippen LogP contribution in [0.3, 0.4) is 0 Å². The van der Waals surface area contributed by atoms with Gasteiger partial charge in [-0.25, -0.2) is 9.97 Å². The summed E-state index contributed by atoms with van der Waals surface area (Å²) in [7, 11) is 0. The number of benzene rings is 2. The molecule has 1 atom stereocenters. The maximum atomic E-state index is 12.6. The first-order chi connectivity index (χ1) is 14.5. The summed E-state index contributed by atoms with van der Waals surface area (Å²) in [6.45, 7) is 3.77. The Labute approximate surface area is 174 Å². The molecule has 4 aromatic rings. The molecule has 3 N–H and O–H groups in total. The van der Waals surface area contributed by atoms with Crippen LogP contribution in [0.1, 0.15) is 29.0 Å². The van der Waals surface area contributed by atoms with Crippen molar-refractivity contribution < 1.29 is 13.6 Å². The van der Waals surface area contributed by atoms with Crippen molar-refractivity contribution in [3.8, 4) is 22.9 Å². The maximum absolute atomic E-state index is 12.6. The fourth-order valence-corrected chi connectivity index (χ4v) is 3.10. The average Bonchev–Trinajstić information content (AvgIpc) is 3.35.